The Morgan fingerprint density at radius 3 is 2.15 bits per heavy atom. The first-order valence-electron chi connectivity index (χ1n) is 6.45. The van der Waals surface area contributed by atoms with Crippen molar-refractivity contribution >= 4 is 30.5 Å². The fourth-order valence-corrected chi connectivity index (χ4v) is 1.94. The van der Waals surface area contributed by atoms with E-state index < -0.39 is 36.4 Å². The number of esters is 1. The lowest BCUT2D eigenvalue weighted by Crippen LogP contribution is -2.50. The van der Waals surface area contributed by atoms with E-state index >= 15 is 0 Å². The molecule has 0 bridgehead atoms. The van der Waals surface area contributed by atoms with E-state index in [0.29, 0.717) is 6.42 Å². The van der Waals surface area contributed by atoms with Gasteiger partial charge in [0.25, 0.3) is 0 Å². The topological polar surface area (TPSA) is 83.9 Å². The molecule has 0 aromatic heterocycles. The van der Waals surface area contributed by atoms with E-state index in [2.05, 4.69) is 12.6 Å². The second-order valence-electron chi connectivity index (χ2n) is 5.11. The maximum Gasteiger partial charge on any atom is 0.328 e. The number of carbonyl (C=O) groups is 3. The van der Waals surface area contributed by atoms with Crippen LogP contribution in [0.1, 0.15) is 27.2 Å². The summed E-state index contributed by atoms with van der Waals surface area (Å²) in [5, 5.41) is 8.96. The van der Waals surface area contributed by atoms with E-state index in [9.17, 15) is 14.4 Å². The Labute approximate surface area is 124 Å². The first kappa shape index (κ1) is 18.8. The van der Waals surface area contributed by atoms with Gasteiger partial charge in [-0.1, -0.05) is 20.8 Å². The third-order valence-corrected chi connectivity index (χ3v) is 3.38. The van der Waals surface area contributed by atoms with Gasteiger partial charge in [0.15, 0.2) is 0 Å². The molecule has 0 heterocycles. The van der Waals surface area contributed by atoms with Gasteiger partial charge in [0.2, 0.25) is 5.91 Å². The summed E-state index contributed by atoms with van der Waals surface area (Å²) in [4.78, 5) is 36.2. The highest BCUT2D eigenvalue weighted by molar-refractivity contribution is 7.80. The lowest BCUT2D eigenvalue weighted by atomic mass is 10.0. The Kier molecular flexibility index (Phi) is 8.29. The second kappa shape index (κ2) is 8.84. The van der Waals surface area contributed by atoms with Gasteiger partial charge < -0.3 is 14.7 Å². The minimum absolute atomic E-state index is 0.120. The summed E-state index contributed by atoms with van der Waals surface area (Å²) >= 11 is 4.04. The Morgan fingerprint density at radius 1 is 1.25 bits per heavy atom. The number of carboxylic acid groups (broad SMARTS) is 1. The van der Waals surface area contributed by atoms with Crippen molar-refractivity contribution in [2.45, 2.75) is 33.2 Å². The molecule has 0 aliphatic heterocycles. The lowest BCUT2D eigenvalue weighted by Gasteiger charge is -2.31. The van der Waals surface area contributed by atoms with Gasteiger partial charge in [-0.2, -0.15) is 12.6 Å². The van der Waals surface area contributed by atoms with Crippen LogP contribution in [0.3, 0.4) is 0 Å². The van der Waals surface area contributed by atoms with Crippen LogP contribution in [0.15, 0.2) is 0 Å². The molecule has 0 unspecified atom stereocenters. The van der Waals surface area contributed by atoms with Crippen molar-refractivity contribution in [1.29, 1.82) is 0 Å². The Hall–Kier alpha value is -1.24. The maximum absolute atomic E-state index is 12.3. The van der Waals surface area contributed by atoms with E-state index in [1.165, 1.54) is 7.11 Å². The van der Waals surface area contributed by atoms with Gasteiger partial charge in [-0.25, -0.2) is 4.79 Å². The van der Waals surface area contributed by atoms with Gasteiger partial charge in [-0.3, -0.25) is 9.59 Å². The number of ether oxygens (including phenoxy) is 1. The highest BCUT2D eigenvalue weighted by Gasteiger charge is 2.34. The van der Waals surface area contributed by atoms with Crippen molar-refractivity contribution < 1.29 is 24.2 Å². The number of hydrogen-bond acceptors (Lipinski definition) is 5. The number of carboxylic acids is 1. The average Bonchev–Trinajstić information content (AvgIpc) is 2.39. The zero-order valence-electron chi connectivity index (χ0n) is 12.3. The van der Waals surface area contributed by atoms with Crippen molar-refractivity contribution in [2.75, 3.05) is 19.4 Å². The van der Waals surface area contributed by atoms with E-state index in [0.717, 1.165) is 4.90 Å². The number of hydrogen-bond donors (Lipinski definition) is 2. The molecule has 0 fully saturated rings. The third-order valence-electron chi connectivity index (χ3n) is 2.83. The standard InChI is InChI=1S/C13H23NO5S/c1-8(2)5-10(13(18)19-4)14(6-11(15)16)12(17)9(3)7-20/h8-10,20H,5-7H2,1-4H3,(H,15,16)/t9-,10-/m1/s1. The molecule has 0 saturated heterocycles. The number of carbonyl (C=O) groups excluding carboxylic acids is 2. The van der Waals surface area contributed by atoms with E-state index in [1.54, 1.807) is 6.92 Å². The molecule has 1 N–H and O–H groups in total. The number of aliphatic carboxylic acids is 1. The molecule has 20 heavy (non-hydrogen) atoms. The predicted octanol–water partition coefficient (Wildman–Crippen LogP) is 1.05. The molecule has 1 amide bonds. The molecule has 0 aromatic carbocycles. The summed E-state index contributed by atoms with van der Waals surface area (Å²) in [5.74, 6) is -2.23. The highest BCUT2D eigenvalue weighted by Crippen LogP contribution is 2.16. The lowest BCUT2D eigenvalue weighted by molar-refractivity contribution is -0.158. The zero-order chi connectivity index (χ0) is 15.9. The minimum atomic E-state index is -1.16. The third kappa shape index (κ3) is 5.81. The molecule has 7 heteroatoms. The number of rotatable bonds is 8. The quantitative estimate of drug-likeness (QED) is 0.517. The molecule has 2 atom stereocenters. The van der Waals surface area contributed by atoms with Crippen LogP contribution in [0.5, 0.6) is 0 Å². The predicted molar refractivity (Wildman–Crippen MR) is 77.6 cm³/mol. The molecular formula is C13H23NO5S. The first-order chi connectivity index (χ1) is 9.24. The van der Waals surface area contributed by atoms with E-state index in [-0.39, 0.29) is 11.7 Å². The van der Waals surface area contributed by atoms with Crippen LogP contribution in [0.4, 0.5) is 0 Å². The summed E-state index contributed by atoms with van der Waals surface area (Å²) in [7, 11) is 1.22. The summed E-state index contributed by atoms with van der Waals surface area (Å²) in [6.45, 7) is 4.90. The van der Waals surface area contributed by atoms with Crippen LogP contribution in [0.25, 0.3) is 0 Å². The van der Waals surface area contributed by atoms with Gasteiger partial charge in [0, 0.05) is 11.7 Å². The van der Waals surface area contributed by atoms with Crippen LogP contribution in [-0.4, -0.2) is 53.3 Å². The number of methoxy groups -OCH3 is 1. The fourth-order valence-electron chi connectivity index (χ4n) is 1.78. The molecule has 6 nitrogen and oxygen atoms in total. The Bertz CT molecular complexity index is 359. The van der Waals surface area contributed by atoms with Crippen LogP contribution in [0.2, 0.25) is 0 Å². The summed E-state index contributed by atoms with van der Waals surface area (Å²) in [6, 6.07) is -0.883. The molecule has 0 saturated carbocycles. The second-order valence-corrected chi connectivity index (χ2v) is 5.48. The fraction of sp³-hybridized carbons (Fsp3) is 0.769. The molecule has 116 valence electrons. The van der Waals surface area contributed by atoms with Crippen LogP contribution < -0.4 is 0 Å². The normalized spacial score (nSPS) is 13.7. The van der Waals surface area contributed by atoms with Crippen molar-refractivity contribution in [2.24, 2.45) is 11.8 Å². The zero-order valence-corrected chi connectivity index (χ0v) is 13.2. The van der Waals surface area contributed by atoms with Crippen LogP contribution in [0, 0.1) is 11.8 Å². The Morgan fingerprint density at radius 2 is 1.80 bits per heavy atom. The largest absolute Gasteiger partial charge is 0.480 e. The number of thiol groups is 1. The minimum Gasteiger partial charge on any atom is -0.480 e. The van der Waals surface area contributed by atoms with Crippen molar-refractivity contribution in [3.8, 4) is 0 Å². The smallest absolute Gasteiger partial charge is 0.328 e. The Balaban J connectivity index is 5.34. The SMILES string of the molecule is COC(=O)[C@@H](CC(C)C)N(CC(=O)O)C(=O)[C@H](C)CS. The van der Waals surface area contributed by atoms with Gasteiger partial charge in [-0.15, -0.1) is 0 Å². The van der Waals surface area contributed by atoms with E-state index in [4.69, 9.17) is 9.84 Å². The van der Waals surface area contributed by atoms with E-state index in [1.807, 2.05) is 13.8 Å². The van der Waals surface area contributed by atoms with Crippen LogP contribution >= 0.6 is 12.6 Å². The van der Waals surface area contributed by atoms with Crippen LogP contribution in [-0.2, 0) is 19.1 Å². The summed E-state index contributed by atoms with van der Waals surface area (Å²) < 4.78 is 4.69. The van der Waals surface area contributed by atoms with Gasteiger partial charge in [0.05, 0.1) is 7.11 Å². The maximum atomic E-state index is 12.3. The molecule has 0 aliphatic rings. The van der Waals surface area contributed by atoms with Crippen molar-refractivity contribution in [1.82, 2.24) is 4.90 Å². The average molecular weight is 305 g/mol. The van der Waals surface area contributed by atoms with Crippen molar-refractivity contribution in [3.63, 3.8) is 0 Å². The monoisotopic (exact) mass is 305 g/mol. The van der Waals surface area contributed by atoms with Gasteiger partial charge >= 0.3 is 11.9 Å². The molecule has 0 rings (SSSR count). The molecular weight excluding hydrogens is 282 g/mol. The number of amides is 1. The van der Waals surface area contributed by atoms with Gasteiger partial charge in [0.1, 0.15) is 12.6 Å². The molecule has 0 spiro atoms. The van der Waals surface area contributed by atoms with Crippen molar-refractivity contribution in [3.05, 3.63) is 0 Å². The summed E-state index contributed by atoms with van der Waals surface area (Å²) in [5.41, 5.74) is 0. The first-order valence-corrected chi connectivity index (χ1v) is 7.08. The molecule has 0 aromatic rings. The molecule has 0 aliphatic carbocycles. The molecule has 0 radical (unpaired) electrons. The van der Waals surface area contributed by atoms with Gasteiger partial charge in [-0.05, 0) is 12.3 Å². The summed E-state index contributed by atoms with van der Waals surface area (Å²) in [6.07, 6.45) is 0.352. The number of nitrogens with zero attached hydrogens (tertiary/aromatic N) is 1. The highest BCUT2D eigenvalue weighted by atomic mass is 32.1.